The predicted molar refractivity (Wildman–Crippen MR) is 83.7 cm³/mol. The maximum atomic E-state index is 12.9. The number of guanidine groups is 1. The van der Waals surface area contributed by atoms with Crippen LogP contribution in [0.15, 0.2) is 38.7 Å². The first kappa shape index (κ1) is 16.4. The lowest BCUT2D eigenvalue weighted by Crippen LogP contribution is -2.38. The standard InChI is InChI=1S/C14H19FN4O2S/c1-3-11-9-17-19(10-11)14(16-4-2)18-22(20,21)13-7-5-12(15)6-8-13/h5-9,11H,3-4,10H2,1-2H3,(H,16,18). The van der Waals surface area contributed by atoms with Crippen molar-refractivity contribution in [1.29, 1.82) is 0 Å². The van der Waals surface area contributed by atoms with E-state index >= 15 is 0 Å². The Morgan fingerprint density at radius 3 is 2.64 bits per heavy atom. The van der Waals surface area contributed by atoms with E-state index in [1.54, 1.807) is 11.2 Å². The van der Waals surface area contributed by atoms with Gasteiger partial charge in [-0.1, -0.05) is 6.92 Å². The summed E-state index contributed by atoms with van der Waals surface area (Å²) in [4.78, 5) is -0.0560. The van der Waals surface area contributed by atoms with Crippen LogP contribution >= 0.6 is 0 Å². The lowest BCUT2D eigenvalue weighted by atomic mass is 10.1. The van der Waals surface area contributed by atoms with Gasteiger partial charge in [0.25, 0.3) is 10.0 Å². The third-order valence-corrected chi connectivity index (χ3v) is 4.53. The number of hydrazone groups is 1. The average Bonchev–Trinajstić information content (AvgIpc) is 2.96. The molecule has 0 spiro atoms. The lowest BCUT2D eigenvalue weighted by molar-refractivity contribution is 0.426. The molecule has 0 fully saturated rings. The summed E-state index contributed by atoms with van der Waals surface area (Å²) in [7, 11) is -3.92. The highest BCUT2D eigenvalue weighted by Gasteiger charge is 2.23. The van der Waals surface area contributed by atoms with E-state index in [9.17, 15) is 12.8 Å². The first-order valence-electron chi connectivity index (χ1n) is 7.12. The van der Waals surface area contributed by atoms with Crippen molar-refractivity contribution < 1.29 is 12.8 Å². The van der Waals surface area contributed by atoms with Crippen LogP contribution in [0.5, 0.6) is 0 Å². The fourth-order valence-electron chi connectivity index (χ4n) is 1.97. The van der Waals surface area contributed by atoms with E-state index in [0.29, 0.717) is 13.1 Å². The maximum absolute atomic E-state index is 12.9. The molecule has 0 aliphatic carbocycles. The van der Waals surface area contributed by atoms with Gasteiger partial charge in [-0.2, -0.15) is 13.5 Å². The maximum Gasteiger partial charge on any atom is 0.285 e. The normalized spacial score (nSPS) is 18.8. The summed E-state index contributed by atoms with van der Waals surface area (Å²) in [5.41, 5.74) is 0. The van der Waals surface area contributed by atoms with Crippen LogP contribution in [0.1, 0.15) is 20.3 Å². The van der Waals surface area contributed by atoms with Gasteiger partial charge in [0.1, 0.15) is 5.82 Å². The van der Waals surface area contributed by atoms with Crippen LogP contribution in [0.3, 0.4) is 0 Å². The van der Waals surface area contributed by atoms with Crippen LogP contribution < -0.4 is 5.32 Å². The minimum absolute atomic E-state index is 0.0560. The number of rotatable bonds is 4. The van der Waals surface area contributed by atoms with Crippen molar-refractivity contribution in [3.05, 3.63) is 30.1 Å². The van der Waals surface area contributed by atoms with Gasteiger partial charge in [0.05, 0.1) is 11.4 Å². The zero-order valence-corrected chi connectivity index (χ0v) is 13.3. The molecule has 0 amide bonds. The number of sulfonamides is 1. The molecule has 1 aromatic carbocycles. The minimum Gasteiger partial charge on any atom is -0.354 e. The molecule has 0 aromatic heterocycles. The summed E-state index contributed by atoms with van der Waals surface area (Å²) < 4.78 is 41.3. The van der Waals surface area contributed by atoms with Crippen molar-refractivity contribution in [1.82, 2.24) is 10.3 Å². The largest absolute Gasteiger partial charge is 0.354 e. The average molecular weight is 326 g/mol. The molecule has 8 heteroatoms. The highest BCUT2D eigenvalue weighted by molar-refractivity contribution is 7.90. The number of nitrogens with one attached hydrogen (secondary N) is 1. The van der Waals surface area contributed by atoms with E-state index in [2.05, 4.69) is 14.8 Å². The van der Waals surface area contributed by atoms with Gasteiger partial charge < -0.3 is 5.32 Å². The quantitative estimate of drug-likeness (QED) is 0.676. The van der Waals surface area contributed by atoms with Crippen LogP contribution in [0.25, 0.3) is 0 Å². The molecule has 1 N–H and O–H groups in total. The highest BCUT2D eigenvalue weighted by atomic mass is 32.2. The molecule has 0 saturated heterocycles. The Bertz CT molecular complexity index is 671. The van der Waals surface area contributed by atoms with Gasteiger partial charge in [0.15, 0.2) is 0 Å². The molecule has 0 radical (unpaired) electrons. The van der Waals surface area contributed by atoms with Crippen molar-refractivity contribution in [2.75, 3.05) is 13.1 Å². The molecular weight excluding hydrogens is 307 g/mol. The molecule has 1 heterocycles. The summed E-state index contributed by atoms with van der Waals surface area (Å²) in [5, 5.41) is 8.65. The van der Waals surface area contributed by atoms with Crippen LogP contribution in [-0.2, 0) is 10.0 Å². The van der Waals surface area contributed by atoms with Crippen LogP contribution in [0, 0.1) is 11.7 Å². The summed E-state index contributed by atoms with van der Waals surface area (Å²) in [5.74, 6) is -0.0406. The van der Waals surface area contributed by atoms with Crippen molar-refractivity contribution in [3.8, 4) is 0 Å². The molecule has 22 heavy (non-hydrogen) atoms. The van der Waals surface area contributed by atoms with Gasteiger partial charge in [0.2, 0.25) is 5.96 Å². The molecule has 0 saturated carbocycles. The third kappa shape index (κ3) is 3.82. The van der Waals surface area contributed by atoms with Crippen molar-refractivity contribution in [2.45, 2.75) is 25.2 Å². The molecule has 0 bridgehead atoms. The SMILES string of the molecule is CCN/C(=N\S(=O)(=O)c1ccc(F)cc1)N1CC(CC)C=N1. The Morgan fingerprint density at radius 1 is 1.41 bits per heavy atom. The first-order chi connectivity index (χ1) is 10.5. The van der Waals surface area contributed by atoms with Crippen molar-refractivity contribution in [3.63, 3.8) is 0 Å². The molecule has 120 valence electrons. The van der Waals surface area contributed by atoms with Gasteiger partial charge in [-0.05, 0) is 37.6 Å². The molecule has 1 aromatic rings. The summed E-state index contributed by atoms with van der Waals surface area (Å²) in [6, 6.07) is 4.58. The lowest BCUT2D eigenvalue weighted by Gasteiger charge is -2.18. The van der Waals surface area contributed by atoms with Gasteiger partial charge >= 0.3 is 0 Å². The number of halogens is 1. The van der Waals surface area contributed by atoms with Gasteiger partial charge in [0, 0.05) is 18.7 Å². The number of hydrogen-bond acceptors (Lipinski definition) is 3. The summed E-state index contributed by atoms with van der Waals surface area (Å²) in [6.45, 7) is 4.98. The second kappa shape index (κ2) is 6.87. The Balaban J connectivity index is 2.29. The summed E-state index contributed by atoms with van der Waals surface area (Å²) in [6.07, 6.45) is 2.71. The van der Waals surface area contributed by atoms with E-state index in [4.69, 9.17) is 0 Å². The minimum atomic E-state index is -3.92. The molecule has 6 nitrogen and oxygen atoms in total. The van der Waals surface area contributed by atoms with Crippen molar-refractivity contribution in [2.24, 2.45) is 15.4 Å². The Hall–Kier alpha value is -1.96. The smallest absolute Gasteiger partial charge is 0.285 e. The van der Waals surface area contributed by atoms with E-state index in [-0.39, 0.29) is 16.8 Å². The number of hydrogen-bond donors (Lipinski definition) is 1. The predicted octanol–water partition coefficient (Wildman–Crippen LogP) is 1.81. The Morgan fingerprint density at radius 2 is 2.09 bits per heavy atom. The molecule has 1 aliphatic rings. The van der Waals surface area contributed by atoms with Crippen LogP contribution in [0.2, 0.25) is 0 Å². The second-order valence-corrected chi connectivity index (χ2v) is 6.49. The Labute approximate surface area is 129 Å². The van der Waals surface area contributed by atoms with Crippen molar-refractivity contribution >= 4 is 22.2 Å². The highest BCUT2D eigenvalue weighted by Crippen LogP contribution is 2.16. The molecule has 1 atom stereocenters. The second-order valence-electron chi connectivity index (χ2n) is 4.89. The fraction of sp³-hybridized carbons (Fsp3) is 0.429. The zero-order valence-electron chi connectivity index (χ0n) is 12.5. The van der Waals surface area contributed by atoms with Gasteiger partial charge in [-0.15, -0.1) is 4.40 Å². The Kier molecular flexibility index (Phi) is 5.12. The van der Waals surface area contributed by atoms with Gasteiger partial charge in [-0.25, -0.2) is 9.40 Å². The monoisotopic (exact) mass is 326 g/mol. The third-order valence-electron chi connectivity index (χ3n) is 3.25. The summed E-state index contributed by atoms with van der Waals surface area (Å²) >= 11 is 0. The topological polar surface area (TPSA) is 74.1 Å². The zero-order chi connectivity index (χ0) is 16.2. The van der Waals surface area contributed by atoms with E-state index in [0.717, 1.165) is 18.6 Å². The van der Waals surface area contributed by atoms with Crippen LogP contribution in [-0.4, -0.2) is 38.7 Å². The molecule has 1 unspecified atom stereocenters. The molecular formula is C14H19FN4O2S. The molecule has 1 aliphatic heterocycles. The van der Waals surface area contributed by atoms with Gasteiger partial charge in [-0.3, -0.25) is 0 Å². The van der Waals surface area contributed by atoms with E-state index in [1.165, 1.54) is 12.1 Å². The number of nitrogens with zero attached hydrogens (tertiary/aromatic N) is 3. The van der Waals surface area contributed by atoms with E-state index in [1.807, 2.05) is 13.8 Å². The fourth-order valence-corrected chi connectivity index (χ4v) is 2.94. The number of benzene rings is 1. The molecule has 2 rings (SSSR count). The van der Waals surface area contributed by atoms with Crippen LogP contribution in [0.4, 0.5) is 4.39 Å². The first-order valence-corrected chi connectivity index (χ1v) is 8.56. The van der Waals surface area contributed by atoms with E-state index < -0.39 is 15.8 Å².